The van der Waals surface area contributed by atoms with Gasteiger partial charge >= 0.3 is 5.97 Å². The fourth-order valence-corrected chi connectivity index (χ4v) is 3.50. The Labute approximate surface area is 163 Å². The van der Waals surface area contributed by atoms with Crippen molar-refractivity contribution in [1.29, 1.82) is 0 Å². The van der Waals surface area contributed by atoms with Crippen molar-refractivity contribution in [2.24, 2.45) is 0 Å². The van der Waals surface area contributed by atoms with Crippen molar-refractivity contribution >= 4 is 11.9 Å². The molecule has 7 nitrogen and oxygen atoms in total. The summed E-state index contributed by atoms with van der Waals surface area (Å²) in [5.74, 6) is -0.115. The normalized spacial score (nSPS) is 20.1. The van der Waals surface area contributed by atoms with E-state index in [4.69, 9.17) is 18.9 Å². The van der Waals surface area contributed by atoms with Crippen molar-refractivity contribution in [3.05, 3.63) is 53.6 Å². The van der Waals surface area contributed by atoms with E-state index < -0.39 is 17.4 Å². The van der Waals surface area contributed by atoms with Crippen LogP contribution in [0.2, 0.25) is 0 Å². The van der Waals surface area contributed by atoms with E-state index in [1.807, 2.05) is 30.3 Å². The Kier molecular flexibility index (Phi) is 5.44. The SMILES string of the molecule is COC(=O)C1(NC(=O)c2ccc(OC)c(OC)c2OC)CC1c1ccccc1. The summed E-state index contributed by atoms with van der Waals surface area (Å²) < 4.78 is 20.9. The lowest BCUT2D eigenvalue weighted by molar-refractivity contribution is -0.144. The molecule has 0 radical (unpaired) electrons. The van der Waals surface area contributed by atoms with Gasteiger partial charge in [-0.25, -0.2) is 4.79 Å². The van der Waals surface area contributed by atoms with Crippen LogP contribution >= 0.6 is 0 Å². The van der Waals surface area contributed by atoms with Gasteiger partial charge in [0.25, 0.3) is 5.91 Å². The molecule has 0 aromatic heterocycles. The zero-order valence-corrected chi connectivity index (χ0v) is 16.3. The Morgan fingerprint density at radius 3 is 2.18 bits per heavy atom. The van der Waals surface area contributed by atoms with Crippen LogP contribution in [0.4, 0.5) is 0 Å². The maximum atomic E-state index is 13.0. The Balaban J connectivity index is 1.94. The average Bonchev–Trinajstić information content (AvgIpc) is 3.47. The number of benzene rings is 2. The van der Waals surface area contributed by atoms with Gasteiger partial charge in [0.05, 0.1) is 34.0 Å². The standard InChI is InChI=1S/C21H23NO6/c1-25-16-11-10-14(17(26-2)18(16)27-3)19(23)22-21(20(24)28-4)12-15(21)13-8-6-5-7-9-13/h5-11,15H,12H2,1-4H3,(H,22,23). The van der Waals surface area contributed by atoms with Crippen LogP contribution < -0.4 is 19.5 Å². The number of hydrogen-bond donors (Lipinski definition) is 1. The zero-order valence-electron chi connectivity index (χ0n) is 16.3. The number of carbonyl (C=O) groups is 2. The fourth-order valence-electron chi connectivity index (χ4n) is 3.50. The minimum Gasteiger partial charge on any atom is -0.493 e. The molecule has 2 unspecified atom stereocenters. The number of methoxy groups -OCH3 is 4. The third-order valence-corrected chi connectivity index (χ3v) is 5.00. The quantitative estimate of drug-likeness (QED) is 0.738. The fraction of sp³-hybridized carbons (Fsp3) is 0.333. The van der Waals surface area contributed by atoms with Gasteiger partial charge in [-0.3, -0.25) is 4.79 Å². The second-order valence-electron chi connectivity index (χ2n) is 6.47. The molecule has 2 aromatic carbocycles. The van der Waals surface area contributed by atoms with Crippen LogP contribution in [0.5, 0.6) is 17.2 Å². The first-order valence-corrected chi connectivity index (χ1v) is 8.77. The largest absolute Gasteiger partial charge is 0.493 e. The smallest absolute Gasteiger partial charge is 0.332 e. The second-order valence-corrected chi connectivity index (χ2v) is 6.47. The number of carbonyl (C=O) groups excluding carboxylic acids is 2. The lowest BCUT2D eigenvalue weighted by atomic mass is 10.0. The Hall–Kier alpha value is -3.22. The van der Waals surface area contributed by atoms with Crippen molar-refractivity contribution in [3.63, 3.8) is 0 Å². The number of amides is 1. The molecule has 7 heteroatoms. The molecule has 3 rings (SSSR count). The molecule has 0 spiro atoms. The van der Waals surface area contributed by atoms with Crippen molar-refractivity contribution in [2.75, 3.05) is 28.4 Å². The summed E-state index contributed by atoms with van der Waals surface area (Å²) in [7, 11) is 5.71. The van der Waals surface area contributed by atoms with Gasteiger partial charge in [-0.1, -0.05) is 30.3 Å². The molecular weight excluding hydrogens is 362 g/mol. The molecule has 1 N–H and O–H groups in total. The molecule has 1 fully saturated rings. The van der Waals surface area contributed by atoms with Crippen LogP contribution in [0.15, 0.2) is 42.5 Å². The maximum Gasteiger partial charge on any atom is 0.332 e. The van der Waals surface area contributed by atoms with Crippen molar-refractivity contribution in [3.8, 4) is 17.2 Å². The molecule has 1 aliphatic rings. The molecule has 1 saturated carbocycles. The van der Waals surface area contributed by atoms with Gasteiger partial charge < -0.3 is 24.3 Å². The highest BCUT2D eigenvalue weighted by molar-refractivity contribution is 6.02. The number of rotatable bonds is 7. The first kappa shape index (κ1) is 19.5. The van der Waals surface area contributed by atoms with Gasteiger partial charge in [0.1, 0.15) is 5.54 Å². The van der Waals surface area contributed by atoms with Crippen LogP contribution in [0, 0.1) is 0 Å². The summed E-state index contributed by atoms with van der Waals surface area (Å²) in [4.78, 5) is 25.6. The van der Waals surface area contributed by atoms with E-state index in [-0.39, 0.29) is 17.2 Å². The molecule has 148 valence electrons. The summed E-state index contributed by atoms with van der Waals surface area (Å²) in [5, 5.41) is 2.86. The van der Waals surface area contributed by atoms with E-state index in [9.17, 15) is 9.59 Å². The predicted octanol–water partition coefficient (Wildman–Crippen LogP) is 2.54. The van der Waals surface area contributed by atoms with Gasteiger partial charge in [0.15, 0.2) is 11.5 Å². The Morgan fingerprint density at radius 1 is 0.929 bits per heavy atom. The monoisotopic (exact) mass is 385 g/mol. The lowest BCUT2D eigenvalue weighted by Crippen LogP contribution is -2.45. The highest BCUT2D eigenvalue weighted by Crippen LogP contribution is 2.52. The molecule has 2 atom stereocenters. The van der Waals surface area contributed by atoms with E-state index >= 15 is 0 Å². The number of ether oxygens (including phenoxy) is 4. The van der Waals surface area contributed by atoms with Gasteiger partial charge in [0.2, 0.25) is 5.75 Å². The van der Waals surface area contributed by atoms with E-state index in [1.165, 1.54) is 28.4 Å². The minimum atomic E-state index is -1.11. The van der Waals surface area contributed by atoms with E-state index in [2.05, 4.69) is 5.32 Å². The number of esters is 1. The summed E-state index contributed by atoms with van der Waals surface area (Å²) in [6.45, 7) is 0. The zero-order chi connectivity index (χ0) is 20.3. The summed E-state index contributed by atoms with van der Waals surface area (Å²) >= 11 is 0. The molecule has 0 bridgehead atoms. The predicted molar refractivity (Wildman–Crippen MR) is 102 cm³/mol. The molecule has 0 saturated heterocycles. The van der Waals surface area contributed by atoms with Crippen LogP contribution in [-0.2, 0) is 9.53 Å². The first-order valence-electron chi connectivity index (χ1n) is 8.77. The van der Waals surface area contributed by atoms with Crippen molar-refractivity contribution in [2.45, 2.75) is 17.9 Å². The third kappa shape index (κ3) is 3.24. The second kappa shape index (κ2) is 7.80. The Bertz CT molecular complexity index is 882. The van der Waals surface area contributed by atoms with Gasteiger partial charge in [0, 0.05) is 5.92 Å². The topological polar surface area (TPSA) is 83.1 Å². The lowest BCUT2D eigenvalue weighted by Gasteiger charge is -2.20. The molecule has 0 heterocycles. The third-order valence-electron chi connectivity index (χ3n) is 5.00. The van der Waals surface area contributed by atoms with Crippen LogP contribution in [0.3, 0.4) is 0 Å². The van der Waals surface area contributed by atoms with Gasteiger partial charge in [-0.2, -0.15) is 0 Å². The molecule has 28 heavy (non-hydrogen) atoms. The average molecular weight is 385 g/mol. The first-order chi connectivity index (χ1) is 13.5. The summed E-state index contributed by atoms with van der Waals surface area (Å²) in [6.07, 6.45) is 0.463. The molecular formula is C21H23NO6. The molecule has 0 aliphatic heterocycles. The van der Waals surface area contributed by atoms with Crippen molar-refractivity contribution in [1.82, 2.24) is 5.32 Å². The summed E-state index contributed by atoms with van der Waals surface area (Å²) in [6, 6.07) is 12.7. The van der Waals surface area contributed by atoms with E-state index in [1.54, 1.807) is 12.1 Å². The van der Waals surface area contributed by atoms with Crippen molar-refractivity contribution < 1.29 is 28.5 Å². The maximum absolute atomic E-state index is 13.0. The Morgan fingerprint density at radius 2 is 1.61 bits per heavy atom. The molecule has 2 aromatic rings. The van der Waals surface area contributed by atoms with E-state index in [0.717, 1.165) is 5.56 Å². The van der Waals surface area contributed by atoms with Crippen LogP contribution in [0.25, 0.3) is 0 Å². The summed E-state index contributed by atoms with van der Waals surface area (Å²) in [5.41, 5.74) is 0.0976. The highest BCUT2D eigenvalue weighted by atomic mass is 16.5. The molecule has 1 amide bonds. The van der Waals surface area contributed by atoms with Crippen LogP contribution in [-0.4, -0.2) is 45.9 Å². The molecule has 1 aliphatic carbocycles. The number of nitrogens with one attached hydrogen (secondary N) is 1. The van der Waals surface area contributed by atoms with E-state index in [0.29, 0.717) is 17.9 Å². The van der Waals surface area contributed by atoms with Gasteiger partial charge in [-0.05, 0) is 24.1 Å². The number of hydrogen-bond acceptors (Lipinski definition) is 6. The van der Waals surface area contributed by atoms with Crippen LogP contribution in [0.1, 0.15) is 28.3 Å². The minimum absolute atomic E-state index is 0.156. The highest BCUT2D eigenvalue weighted by Gasteiger charge is 2.63. The van der Waals surface area contributed by atoms with Gasteiger partial charge in [-0.15, -0.1) is 0 Å².